The van der Waals surface area contributed by atoms with Crippen molar-refractivity contribution in [2.24, 2.45) is 0 Å². The Labute approximate surface area is 90.3 Å². The zero-order chi connectivity index (χ0) is 10.7. The molecule has 1 saturated heterocycles. The zero-order valence-corrected chi connectivity index (χ0v) is 8.97. The van der Waals surface area contributed by atoms with Gasteiger partial charge in [0.15, 0.2) is 0 Å². The Morgan fingerprint density at radius 1 is 1.33 bits per heavy atom. The fourth-order valence-electron chi connectivity index (χ4n) is 1.94. The van der Waals surface area contributed by atoms with Crippen LogP contribution in [0.2, 0.25) is 0 Å². The van der Waals surface area contributed by atoms with Crippen LogP contribution in [0.4, 0.5) is 0 Å². The van der Waals surface area contributed by atoms with Crippen LogP contribution in [0.5, 0.6) is 0 Å². The van der Waals surface area contributed by atoms with Gasteiger partial charge in [0.2, 0.25) is 0 Å². The van der Waals surface area contributed by atoms with Crippen molar-refractivity contribution in [3.63, 3.8) is 0 Å². The number of hydrogen-bond acceptors (Lipinski definition) is 3. The molecule has 1 fully saturated rings. The van der Waals surface area contributed by atoms with Crippen LogP contribution in [0.3, 0.4) is 0 Å². The molecule has 2 unspecified atom stereocenters. The molecular weight excluding hydrogens is 190 g/mol. The van der Waals surface area contributed by atoms with Gasteiger partial charge in [-0.15, -0.1) is 0 Å². The number of hydrogen-bond donors (Lipinski definition) is 1. The van der Waals surface area contributed by atoms with Gasteiger partial charge in [-0.3, -0.25) is 4.90 Å². The summed E-state index contributed by atoms with van der Waals surface area (Å²) in [6.07, 6.45) is -0.348. The van der Waals surface area contributed by atoms with Crippen LogP contribution in [0.1, 0.15) is 5.56 Å². The lowest BCUT2D eigenvalue weighted by atomic mass is 10.1. The Kier molecular flexibility index (Phi) is 3.36. The smallest absolute Gasteiger partial charge is 0.0950 e. The summed E-state index contributed by atoms with van der Waals surface area (Å²) >= 11 is 0. The molecule has 0 radical (unpaired) electrons. The lowest BCUT2D eigenvalue weighted by molar-refractivity contribution is 0.0925. The molecule has 0 aromatic heterocycles. The predicted molar refractivity (Wildman–Crippen MR) is 58.5 cm³/mol. The van der Waals surface area contributed by atoms with Crippen LogP contribution >= 0.6 is 0 Å². The number of likely N-dealkylation sites (N-methyl/N-ethyl adjacent to an activating group) is 1. The molecule has 0 saturated carbocycles. The summed E-state index contributed by atoms with van der Waals surface area (Å²) in [5.41, 5.74) is 1.26. The van der Waals surface area contributed by atoms with Crippen molar-refractivity contribution in [2.75, 3.05) is 20.3 Å². The van der Waals surface area contributed by atoms with Crippen LogP contribution in [-0.2, 0) is 11.3 Å². The van der Waals surface area contributed by atoms with E-state index in [0.29, 0.717) is 13.2 Å². The highest BCUT2D eigenvalue weighted by atomic mass is 16.5. The maximum absolute atomic E-state index is 9.67. The molecule has 1 aliphatic heterocycles. The summed E-state index contributed by atoms with van der Waals surface area (Å²) in [7, 11) is 2.02. The monoisotopic (exact) mass is 207 g/mol. The molecule has 1 aliphatic rings. The van der Waals surface area contributed by atoms with Crippen LogP contribution < -0.4 is 0 Å². The second-order valence-electron chi connectivity index (χ2n) is 4.07. The fraction of sp³-hybridized carbons (Fsp3) is 0.500. The molecule has 1 aromatic rings. The summed E-state index contributed by atoms with van der Waals surface area (Å²) in [6, 6.07) is 10.4. The molecule has 2 rings (SSSR count). The minimum Gasteiger partial charge on any atom is -0.389 e. The van der Waals surface area contributed by atoms with Gasteiger partial charge >= 0.3 is 0 Å². The van der Waals surface area contributed by atoms with Gasteiger partial charge in [-0.2, -0.15) is 0 Å². The van der Waals surface area contributed by atoms with E-state index < -0.39 is 0 Å². The first-order chi connectivity index (χ1) is 7.27. The van der Waals surface area contributed by atoms with Gasteiger partial charge in [0.1, 0.15) is 0 Å². The third-order valence-electron chi connectivity index (χ3n) is 2.86. The Morgan fingerprint density at radius 2 is 2.07 bits per heavy atom. The van der Waals surface area contributed by atoms with Gasteiger partial charge in [0, 0.05) is 6.54 Å². The number of nitrogens with zero attached hydrogens (tertiary/aromatic N) is 1. The lowest BCUT2D eigenvalue weighted by Crippen LogP contribution is -2.39. The van der Waals surface area contributed by atoms with E-state index in [4.69, 9.17) is 4.74 Å². The normalized spacial score (nSPS) is 26.1. The van der Waals surface area contributed by atoms with Gasteiger partial charge in [-0.05, 0) is 12.6 Å². The quantitative estimate of drug-likeness (QED) is 0.798. The van der Waals surface area contributed by atoms with E-state index in [0.717, 1.165) is 6.54 Å². The molecule has 0 amide bonds. The Hall–Kier alpha value is -0.900. The van der Waals surface area contributed by atoms with Crippen molar-refractivity contribution < 1.29 is 9.84 Å². The third-order valence-corrected chi connectivity index (χ3v) is 2.86. The SMILES string of the molecule is CN(Cc1ccccc1)C1COCC1O. The van der Waals surface area contributed by atoms with E-state index in [-0.39, 0.29) is 12.1 Å². The van der Waals surface area contributed by atoms with E-state index in [1.165, 1.54) is 5.56 Å². The van der Waals surface area contributed by atoms with Crippen molar-refractivity contribution in [3.8, 4) is 0 Å². The number of ether oxygens (including phenoxy) is 1. The standard InChI is InChI=1S/C12H17NO2/c1-13(11-8-15-9-12(11)14)7-10-5-3-2-4-6-10/h2-6,11-12,14H,7-9H2,1H3. The third kappa shape index (κ3) is 2.56. The molecule has 0 aliphatic carbocycles. The van der Waals surface area contributed by atoms with Crippen LogP contribution in [0.25, 0.3) is 0 Å². The van der Waals surface area contributed by atoms with E-state index in [9.17, 15) is 5.11 Å². The number of rotatable bonds is 3. The summed E-state index contributed by atoms with van der Waals surface area (Å²) in [5, 5.41) is 9.67. The van der Waals surface area contributed by atoms with Crippen LogP contribution in [0.15, 0.2) is 30.3 Å². The maximum atomic E-state index is 9.67. The van der Waals surface area contributed by atoms with Gasteiger partial charge < -0.3 is 9.84 Å². The number of aliphatic hydroxyl groups excluding tert-OH is 1. The lowest BCUT2D eigenvalue weighted by Gasteiger charge is -2.25. The summed E-state index contributed by atoms with van der Waals surface area (Å²) in [5.74, 6) is 0. The second kappa shape index (κ2) is 4.75. The molecule has 15 heavy (non-hydrogen) atoms. The highest BCUT2D eigenvalue weighted by Gasteiger charge is 2.29. The molecule has 0 bridgehead atoms. The van der Waals surface area contributed by atoms with Gasteiger partial charge in [0.25, 0.3) is 0 Å². The van der Waals surface area contributed by atoms with Gasteiger partial charge in [-0.1, -0.05) is 30.3 Å². The number of aliphatic hydroxyl groups is 1. The molecule has 1 aromatic carbocycles. The van der Waals surface area contributed by atoms with E-state index >= 15 is 0 Å². The van der Waals surface area contributed by atoms with E-state index in [1.807, 2.05) is 25.2 Å². The molecular formula is C12H17NO2. The van der Waals surface area contributed by atoms with Crippen molar-refractivity contribution >= 4 is 0 Å². The highest BCUT2D eigenvalue weighted by Crippen LogP contribution is 2.14. The number of benzene rings is 1. The fourth-order valence-corrected chi connectivity index (χ4v) is 1.94. The average molecular weight is 207 g/mol. The van der Waals surface area contributed by atoms with E-state index in [1.54, 1.807) is 0 Å². The minimum atomic E-state index is -0.348. The molecule has 3 heteroatoms. The summed E-state index contributed by atoms with van der Waals surface area (Å²) in [4.78, 5) is 2.15. The van der Waals surface area contributed by atoms with Crippen LogP contribution in [-0.4, -0.2) is 42.4 Å². The minimum absolute atomic E-state index is 0.130. The molecule has 3 nitrogen and oxygen atoms in total. The largest absolute Gasteiger partial charge is 0.389 e. The van der Waals surface area contributed by atoms with Crippen molar-refractivity contribution in [3.05, 3.63) is 35.9 Å². The second-order valence-corrected chi connectivity index (χ2v) is 4.07. The Morgan fingerprint density at radius 3 is 2.67 bits per heavy atom. The Balaban J connectivity index is 1.94. The molecule has 1 heterocycles. The highest BCUT2D eigenvalue weighted by molar-refractivity contribution is 5.14. The summed E-state index contributed by atoms with van der Waals surface area (Å²) < 4.78 is 5.24. The van der Waals surface area contributed by atoms with Crippen molar-refractivity contribution in [1.29, 1.82) is 0 Å². The Bertz CT molecular complexity index is 302. The maximum Gasteiger partial charge on any atom is 0.0950 e. The van der Waals surface area contributed by atoms with Crippen LogP contribution in [0, 0.1) is 0 Å². The first-order valence-corrected chi connectivity index (χ1v) is 5.27. The molecule has 82 valence electrons. The molecule has 2 atom stereocenters. The first-order valence-electron chi connectivity index (χ1n) is 5.27. The molecule has 0 spiro atoms. The zero-order valence-electron chi connectivity index (χ0n) is 8.97. The van der Waals surface area contributed by atoms with Gasteiger partial charge in [-0.25, -0.2) is 0 Å². The molecule has 1 N–H and O–H groups in total. The van der Waals surface area contributed by atoms with Gasteiger partial charge in [0.05, 0.1) is 25.4 Å². The first kappa shape index (κ1) is 10.6. The van der Waals surface area contributed by atoms with Crippen molar-refractivity contribution in [2.45, 2.75) is 18.7 Å². The topological polar surface area (TPSA) is 32.7 Å². The average Bonchev–Trinajstić information content (AvgIpc) is 2.66. The van der Waals surface area contributed by atoms with Crippen molar-refractivity contribution in [1.82, 2.24) is 4.90 Å². The summed E-state index contributed by atoms with van der Waals surface area (Å²) in [6.45, 7) is 1.94. The van der Waals surface area contributed by atoms with E-state index in [2.05, 4.69) is 17.0 Å². The predicted octanol–water partition coefficient (Wildman–Crippen LogP) is 0.878.